The number of hydrogen-bond donors (Lipinski definition) is 1. The lowest BCUT2D eigenvalue weighted by molar-refractivity contribution is -0.122. The summed E-state index contributed by atoms with van der Waals surface area (Å²) in [6.45, 7) is 0.241. The van der Waals surface area contributed by atoms with E-state index in [4.69, 9.17) is 5.73 Å². The molecule has 1 aliphatic carbocycles. The van der Waals surface area contributed by atoms with Gasteiger partial charge in [-0.3, -0.25) is 4.79 Å². The fraction of sp³-hybridized carbons (Fsp3) is 0.923. The number of Topliss-reactive ketones (excluding diaryl/α,β-unsaturated/α-hetero) is 1. The zero-order chi connectivity index (χ0) is 10.9. The van der Waals surface area contributed by atoms with Gasteiger partial charge in [-0.2, -0.15) is 0 Å². The first-order valence-corrected chi connectivity index (χ1v) is 6.57. The summed E-state index contributed by atoms with van der Waals surface area (Å²) >= 11 is 0. The van der Waals surface area contributed by atoms with E-state index in [1.807, 2.05) is 0 Å². The van der Waals surface area contributed by atoms with E-state index in [2.05, 4.69) is 0 Å². The molecule has 2 nitrogen and oxygen atoms in total. The summed E-state index contributed by atoms with van der Waals surface area (Å²) in [5, 5.41) is 0. The van der Waals surface area contributed by atoms with Gasteiger partial charge >= 0.3 is 0 Å². The summed E-state index contributed by atoms with van der Waals surface area (Å²) < 4.78 is 0. The minimum atomic E-state index is 0.241. The van der Waals surface area contributed by atoms with Crippen LogP contribution in [0.15, 0.2) is 0 Å². The maximum atomic E-state index is 11.6. The summed E-state index contributed by atoms with van der Waals surface area (Å²) in [6.07, 6.45) is 12.7. The van der Waals surface area contributed by atoms with Gasteiger partial charge in [-0.05, 0) is 12.8 Å². The maximum absolute atomic E-state index is 11.6. The predicted molar refractivity (Wildman–Crippen MR) is 63.7 cm³/mol. The van der Waals surface area contributed by atoms with Gasteiger partial charge in [-0.15, -0.1) is 0 Å². The van der Waals surface area contributed by atoms with Gasteiger partial charge in [0.1, 0.15) is 5.78 Å². The number of ketones is 1. The van der Waals surface area contributed by atoms with Crippen molar-refractivity contribution in [3.63, 3.8) is 0 Å². The molecule has 0 aromatic heterocycles. The van der Waals surface area contributed by atoms with Crippen molar-refractivity contribution in [2.75, 3.05) is 6.54 Å². The third kappa shape index (κ3) is 5.31. The Balaban J connectivity index is 2.35. The van der Waals surface area contributed by atoms with Crippen LogP contribution >= 0.6 is 0 Å². The van der Waals surface area contributed by atoms with Crippen LogP contribution < -0.4 is 5.73 Å². The van der Waals surface area contributed by atoms with Crippen LogP contribution in [0.4, 0.5) is 0 Å². The molecular formula is C13H25NO. The summed E-state index contributed by atoms with van der Waals surface area (Å²) in [4.78, 5) is 11.6. The van der Waals surface area contributed by atoms with Gasteiger partial charge in [0.05, 0.1) is 6.54 Å². The molecular weight excluding hydrogens is 186 g/mol. The normalized spacial score (nSPS) is 21.9. The van der Waals surface area contributed by atoms with Crippen molar-refractivity contribution in [1.29, 1.82) is 0 Å². The molecule has 2 heteroatoms. The van der Waals surface area contributed by atoms with Gasteiger partial charge in [-0.1, -0.05) is 51.4 Å². The largest absolute Gasteiger partial charge is 0.324 e. The number of nitrogens with two attached hydrogens (primary N) is 1. The van der Waals surface area contributed by atoms with Crippen LogP contribution in [0.1, 0.15) is 64.2 Å². The monoisotopic (exact) mass is 211 g/mol. The van der Waals surface area contributed by atoms with Gasteiger partial charge < -0.3 is 5.73 Å². The highest BCUT2D eigenvalue weighted by atomic mass is 16.1. The van der Waals surface area contributed by atoms with Crippen molar-refractivity contribution >= 4 is 5.78 Å². The minimum Gasteiger partial charge on any atom is -0.324 e. The lowest BCUT2D eigenvalue weighted by atomic mass is 9.91. The van der Waals surface area contributed by atoms with Crippen LogP contribution in [0.2, 0.25) is 0 Å². The van der Waals surface area contributed by atoms with E-state index >= 15 is 0 Å². The molecule has 0 amide bonds. The van der Waals surface area contributed by atoms with Gasteiger partial charge in [-0.25, -0.2) is 0 Å². The van der Waals surface area contributed by atoms with Crippen molar-refractivity contribution in [2.45, 2.75) is 64.2 Å². The first-order chi connectivity index (χ1) is 7.34. The summed E-state index contributed by atoms with van der Waals surface area (Å²) in [5.74, 6) is 0.558. The van der Waals surface area contributed by atoms with Gasteiger partial charge in [0.2, 0.25) is 0 Å². The molecule has 0 aromatic carbocycles. The van der Waals surface area contributed by atoms with Crippen molar-refractivity contribution in [3.8, 4) is 0 Å². The molecule has 88 valence electrons. The van der Waals surface area contributed by atoms with E-state index in [0.717, 1.165) is 12.8 Å². The average Bonchev–Trinajstić information content (AvgIpc) is 2.32. The van der Waals surface area contributed by atoms with Crippen LogP contribution in [0.5, 0.6) is 0 Å². The average molecular weight is 211 g/mol. The molecule has 0 bridgehead atoms. The van der Waals surface area contributed by atoms with E-state index in [1.165, 1.54) is 51.4 Å². The topological polar surface area (TPSA) is 43.1 Å². The van der Waals surface area contributed by atoms with Gasteiger partial charge in [0, 0.05) is 5.92 Å². The van der Waals surface area contributed by atoms with Crippen LogP contribution in [-0.2, 0) is 4.79 Å². The third-order valence-corrected chi connectivity index (χ3v) is 3.51. The molecule has 0 atom stereocenters. The number of hydrogen-bond acceptors (Lipinski definition) is 2. The van der Waals surface area contributed by atoms with Crippen molar-refractivity contribution in [2.24, 2.45) is 11.7 Å². The third-order valence-electron chi connectivity index (χ3n) is 3.51. The number of rotatable bonds is 2. The summed E-state index contributed by atoms with van der Waals surface area (Å²) in [5.41, 5.74) is 5.44. The molecule has 1 rings (SSSR count). The number of carbonyl (C=O) groups excluding carboxylic acids is 1. The van der Waals surface area contributed by atoms with Gasteiger partial charge in [0.15, 0.2) is 0 Å². The number of carbonyl (C=O) groups is 1. The second kappa shape index (κ2) is 7.86. The first kappa shape index (κ1) is 12.7. The quantitative estimate of drug-likeness (QED) is 0.763. The van der Waals surface area contributed by atoms with E-state index in [0.29, 0.717) is 0 Å². The minimum absolute atomic E-state index is 0.241. The molecule has 0 aliphatic heterocycles. The van der Waals surface area contributed by atoms with Crippen molar-refractivity contribution < 1.29 is 4.79 Å². The molecule has 1 fully saturated rings. The molecule has 1 aliphatic rings. The van der Waals surface area contributed by atoms with Crippen LogP contribution in [0.3, 0.4) is 0 Å². The molecule has 0 radical (unpaired) electrons. The summed E-state index contributed by atoms with van der Waals surface area (Å²) in [7, 11) is 0. The highest BCUT2D eigenvalue weighted by Gasteiger charge is 2.16. The smallest absolute Gasteiger partial charge is 0.149 e. The molecule has 0 aromatic rings. The fourth-order valence-corrected chi connectivity index (χ4v) is 2.48. The van der Waals surface area contributed by atoms with Crippen molar-refractivity contribution in [1.82, 2.24) is 0 Å². The van der Waals surface area contributed by atoms with Crippen LogP contribution in [0.25, 0.3) is 0 Å². The van der Waals surface area contributed by atoms with Crippen LogP contribution in [0, 0.1) is 5.92 Å². The summed E-state index contributed by atoms with van der Waals surface area (Å²) in [6, 6.07) is 0. The van der Waals surface area contributed by atoms with E-state index in [9.17, 15) is 4.79 Å². The zero-order valence-corrected chi connectivity index (χ0v) is 9.84. The molecule has 2 N–H and O–H groups in total. The first-order valence-electron chi connectivity index (χ1n) is 6.57. The molecule has 0 heterocycles. The molecule has 15 heavy (non-hydrogen) atoms. The predicted octanol–water partition coefficient (Wildman–Crippen LogP) is 3.05. The Morgan fingerprint density at radius 1 is 0.867 bits per heavy atom. The fourth-order valence-electron chi connectivity index (χ4n) is 2.48. The molecule has 0 spiro atoms. The van der Waals surface area contributed by atoms with E-state index in [1.54, 1.807) is 0 Å². The second-order valence-corrected chi connectivity index (χ2v) is 4.77. The second-order valence-electron chi connectivity index (χ2n) is 4.77. The Kier molecular flexibility index (Phi) is 6.66. The Hall–Kier alpha value is -0.370. The van der Waals surface area contributed by atoms with Gasteiger partial charge in [0.25, 0.3) is 0 Å². The highest BCUT2D eigenvalue weighted by molar-refractivity contribution is 5.82. The Morgan fingerprint density at radius 2 is 1.27 bits per heavy atom. The van der Waals surface area contributed by atoms with E-state index in [-0.39, 0.29) is 18.2 Å². The lowest BCUT2D eigenvalue weighted by Gasteiger charge is -2.13. The van der Waals surface area contributed by atoms with E-state index < -0.39 is 0 Å². The Labute approximate surface area is 93.6 Å². The molecule has 0 saturated heterocycles. The van der Waals surface area contributed by atoms with Crippen molar-refractivity contribution in [3.05, 3.63) is 0 Å². The maximum Gasteiger partial charge on any atom is 0.149 e. The standard InChI is InChI=1S/C13H25NO/c14-11-13(15)12-9-7-5-3-1-2-4-6-8-10-12/h12H,1-11,14H2. The zero-order valence-electron chi connectivity index (χ0n) is 9.84. The highest BCUT2D eigenvalue weighted by Crippen LogP contribution is 2.21. The Morgan fingerprint density at radius 3 is 1.67 bits per heavy atom. The molecule has 1 saturated carbocycles. The molecule has 0 unspecified atom stereocenters. The SMILES string of the molecule is NCC(=O)C1CCCCCCCCCC1. The Bertz CT molecular complexity index is 167. The lowest BCUT2D eigenvalue weighted by Crippen LogP contribution is -2.23. The van der Waals surface area contributed by atoms with Crippen LogP contribution in [-0.4, -0.2) is 12.3 Å².